The second-order valence-electron chi connectivity index (χ2n) is 6.56. The van der Waals surface area contributed by atoms with Crippen LogP contribution < -0.4 is 5.32 Å². The van der Waals surface area contributed by atoms with Crippen LogP contribution in [0.25, 0.3) is 0 Å². The highest BCUT2D eigenvalue weighted by Crippen LogP contribution is 2.22. The molecular weight excluding hydrogens is 371 g/mol. The third-order valence-corrected chi connectivity index (χ3v) is 6.09. The Morgan fingerprint density at radius 3 is 2.15 bits per heavy atom. The van der Waals surface area contributed by atoms with Crippen molar-refractivity contribution in [2.24, 2.45) is 0 Å². The number of nitrogens with one attached hydrogen (secondary N) is 1. The molecule has 0 aliphatic carbocycles. The molecule has 1 aliphatic heterocycles. The number of nitrogens with zero attached hydrogens (tertiary/aromatic N) is 1. The van der Waals surface area contributed by atoms with E-state index in [4.69, 9.17) is 4.74 Å². The predicted octanol–water partition coefficient (Wildman–Crippen LogP) is 2.88. The molecular formula is C19H21FN2O4S. The van der Waals surface area contributed by atoms with Crippen LogP contribution in [-0.2, 0) is 14.8 Å². The second-order valence-corrected chi connectivity index (χ2v) is 8.50. The topological polar surface area (TPSA) is 75.7 Å². The average Bonchev–Trinajstić information content (AvgIpc) is 2.63. The number of sulfonamides is 1. The fraction of sp³-hybridized carbons (Fsp3) is 0.316. The molecule has 6 nitrogen and oxygen atoms in total. The van der Waals surface area contributed by atoms with Crippen LogP contribution in [0.4, 0.5) is 10.1 Å². The molecule has 0 unspecified atom stereocenters. The molecule has 8 heteroatoms. The van der Waals surface area contributed by atoms with Crippen molar-refractivity contribution in [2.45, 2.75) is 31.0 Å². The summed E-state index contributed by atoms with van der Waals surface area (Å²) < 4.78 is 45.5. The molecule has 1 N–H and O–H groups in total. The van der Waals surface area contributed by atoms with E-state index in [1.165, 1.54) is 52.8 Å². The molecule has 1 fully saturated rings. The summed E-state index contributed by atoms with van der Waals surface area (Å²) in [6.45, 7) is 4.25. The number of halogens is 1. The Balaban J connectivity index is 1.74. The van der Waals surface area contributed by atoms with Crippen LogP contribution in [0.3, 0.4) is 0 Å². The lowest BCUT2D eigenvalue weighted by Gasteiger charge is -2.34. The highest BCUT2D eigenvalue weighted by Gasteiger charge is 2.32. The van der Waals surface area contributed by atoms with E-state index in [0.29, 0.717) is 24.3 Å². The van der Waals surface area contributed by atoms with Gasteiger partial charge in [0.15, 0.2) is 0 Å². The van der Waals surface area contributed by atoms with Gasteiger partial charge >= 0.3 is 0 Å². The molecule has 1 aliphatic rings. The SMILES string of the molecule is C[C@@H]1CN(S(=O)(=O)c2ccc(C(=O)Nc3ccc(F)cc3)cc2)C[C@@H](C)O1. The van der Waals surface area contributed by atoms with Crippen LogP contribution in [0.2, 0.25) is 0 Å². The van der Waals surface area contributed by atoms with Crippen molar-refractivity contribution in [1.82, 2.24) is 4.31 Å². The Morgan fingerprint density at radius 2 is 1.59 bits per heavy atom. The monoisotopic (exact) mass is 392 g/mol. The van der Waals surface area contributed by atoms with Gasteiger partial charge in [0.1, 0.15) is 5.82 Å². The minimum Gasteiger partial charge on any atom is -0.373 e. The first kappa shape index (κ1) is 19.5. The van der Waals surface area contributed by atoms with Crippen molar-refractivity contribution in [2.75, 3.05) is 18.4 Å². The first-order chi connectivity index (χ1) is 12.8. The van der Waals surface area contributed by atoms with Gasteiger partial charge in [-0.2, -0.15) is 4.31 Å². The molecule has 0 saturated carbocycles. The molecule has 2 atom stereocenters. The van der Waals surface area contributed by atoms with E-state index in [-0.39, 0.29) is 17.1 Å². The van der Waals surface area contributed by atoms with Gasteiger partial charge in [-0.1, -0.05) is 0 Å². The number of morpholine rings is 1. The minimum atomic E-state index is -3.65. The Bertz CT molecular complexity index is 904. The molecule has 2 aromatic rings. The van der Waals surface area contributed by atoms with E-state index in [1.54, 1.807) is 0 Å². The molecule has 0 bridgehead atoms. The second kappa shape index (κ2) is 7.75. The van der Waals surface area contributed by atoms with Crippen molar-refractivity contribution >= 4 is 21.6 Å². The van der Waals surface area contributed by atoms with Crippen LogP contribution in [-0.4, -0.2) is 43.9 Å². The van der Waals surface area contributed by atoms with Crippen LogP contribution in [0.15, 0.2) is 53.4 Å². The Labute approximate surface area is 158 Å². The molecule has 27 heavy (non-hydrogen) atoms. The Kier molecular flexibility index (Phi) is 5.59. The lowest BCUT2D eigenvalue weighted by atomic mass is 10.2. The summed E-state index contributed by atoms with van der Waals surface area (Å²) in [5.41, 5.74) is 0.761. The van der Waals surface area contributed by atoms with Crippen molar-refractivity contribution in [3.8, 4) is 0 Å². The van der Waals surface area contributed by atoms with E-state index >= 15 is 0 Å². The molecule has 3 rings (SSSR count). The summed E-state index contributed by atoms with van der Waals surface area (Å²) >= 11 is 0. The predicted molar refractivity (Wildman–Crippen MR) is 99.6 cm³/mol. The minimum absolute atomic E-state index is 0.127. The zero-order valence-electron chi connectivity index (χ0n) is 15.1. The van der Waals surface area contributed by atoms with Crippen molar-refractivity contribution in [3.63, 3.8) is 0 Å². The number of carbonyl (C=O) groups is 1. The number of benzene rings is 2. The maximum atomic E-state index is 12.9. The van der Waals surface area contributed by atoms with Crippen molar-refractivity contribution in [1.29, 1.82) is 0 Å². The number of rotatable bonds is 4. The highest BCUT2D eigenvalue weighted by molar-refractivity contribution is 7.89. The van der Waals surface area contributed by atoms with Gasteiger partial charge < -0.3 is 10.1 Å². The quantitative estimate of drug-likeness (QED) is 0.868. The van der Waals surface area contributed by atoms with E-state index in [2.05, 4.69) is 5.32 Å². The number of carbonyl (C=O) groups excluding carboxylic acids is 1. The van der Waals surface area contributed by atoms with Gasteiger partial charge in [-0.05, 0) is 62.4 Å². The standard InChI is InChI=1S/C19H21FN2O4S/c1-13-11-22(12-14(2)26-13)27(24,25)18-9-3-15(4-10-18)19(23)21-17-7-5-16(20)6-8-17/h3-10,13-14H,11-12H2,1-2H3,(H,21,23)/t13-,14-/m1/s1. The van der Waals surface area contributed by atoms with Gasteiger partial charge in [0.25, 0.3) is 5.91 Å². The number of hydrogen-bond donors (Lipinski definition) is 1. The first-order valence-electron chi connectivity index (χ1n) is 8.58. The van der Waals surface area contributed by atoms with E-state index in [1.807, 2.05) is 13.8 Å². The first-order valence-corrected chi connectivity index (χ1v) is 10.0. The van der Waals surface area contributed by atoms with Gasteiger partial charge in [0.2, 0.25) is 10.0 Å². The molecule has 2 aromatic carbocycles. The molecule has 1 saturated heterocycles. The van der Waals surface area contributed by atoms with Gasteiger partial charge in [-0.15, -0.1) is 0 Å². The van der Waals surface area contributed by atoms with Crippen LogP contribution in [0.5, 0.6) is 0 Å². The van der Waals surface area contributed by atoms with Gasteiger partial charge in [-0.3, -0.25) is 4.79 Å². The molecule has 1 heterocycles. The average molecular weight is 392 g/mol. The van der Waals surface area contributed by atoms with E-state index in [0.717, 1.165) is 0 Å². The number of hydrogen-bond acceptors (Lipinski definition) is 4. The summed E-state index contributed by atoms with van der Waals surface area (Å²) in [4.78, 5) is 12.4. The van der Waals surface area contributed by atoms with Crippen LogP contribution in [0.1, 0.15) is 24.2 Å². The Morgan fingerprint density at radius 1 is 1.04 bits per heavy atom. The summed E-state index contributed by atoms with van der Waals surface area (Å²) in [6.07, 6.45) is -0.353. The zero-order chi connectivity index (χ0) is 19.6. The molecule has 1 amide bonds. The van der Waals surface area contributed by atoms with E-state index < -0.39 is 21.7 Å². The fourth-order valence-corrected chi connectivity index (χ4v) is 4.58. The van der Waals surface area contributed by atoms with Crippen molar-refractivity contribution < 1.29 is 22.3 Å². The van der Waals surface area contributed by atoms with Gasteiger partial charge in [0.05, 0.1) is 17.1 Å². The summed E-state index contributed by atoms with van der Waals surface area (Å²) in [5, 5.41) is 2.64. The van der Waals surface area contributed by atoms with E-state index in [9.17, 15) is 17.6 Å². The number of ether oxygens (including phenoxy) is 1. The van der Waals surface area contributed by atoms with Gasteiger partial charge in [-0.25, -0.2) is 12.8 Å². The molecule has 0 spiro atoms. The molecule has 144 valence electrons. The third kappa shape index (κ3) is 4.52. The third-order valence-electron chi connectivity index (χ3n) is 4.24. The van der Waals surface area contributed by atoms with Crippen LogP contribution in [0, 0.1) is 5.82 Å². The van der Waals surface area contributed by atoms with Crippen molar-refractivity contribution in [3.05, 3.63) is 59.9 Å². The maximum absolute atomic E-state index is 12.9. The number of amides is 1. The molecule has 0 radical (unpaired) electrons. The Hall–Kier alpha value is -2.29. The summed E-state index contributed by atoms with van der Waals surface area (Å²) in [6, 6.07) is 11.1. The maximum Gasteiger partial charge on any atom is 0.255 e. The largest absolute Gasteiger partial charge is 0.373 e. The number of anilines is 1. The van der Waals surface area contributed by atoms with Gasteiger partial charge in [0, 0.05) is 24.3 Å². The zero-order valence-corrected chi connectivity index (χ0v) is 15.9. The fourth-order valence-electron chi connectivity index (χ4n) is 2.99. The lowest BCUT2D eigenvalue weighted by Crippen LogP contribution is -2.48. The summed E-state index contributed by atoms with van der Waals surface area (Å²) in [5.74, 6) is -0.798. The van der Waals surface area contributed by atoms with Crippen LogP contribution >= 0.6 is 0 Å². The lowest BCUT2D eigenvalue weighted by molar-refractivity contribution is -0.0440. The highest BCUT2D eigenvalue weighted by atomic mass is 32.2. The smallest absolute Gasteiger partial charge is 0.255 e. The normalized spacial score (nSPS) is 21.0. The molecule has 0 aromatic heterocycles. The summed E-state index contributed by atoms with van der Waals surface area (Å²) in [7, 11) is -3.65.